The summed E-state index contributed by atoms with van der Waals surface area (Å²) in [6.45, 7) is 1.72. The van der Waals surface area contributed by atoms with Gasteiger partial charge in [0.15, 0.2) is 0 Å². The van der Waals surface area contributed by atoms with Gasteiger partial charge in [-0.15, -0.1) is 11.3 Å². The summed E-state index contributed by atoms with van der Waals surface area (Å²) in [6, 6.07) is 6.44. The zero-order chi connectivity index (χ0) is 20.4. The van der Waals surface area contributed by atoms with Gasteiger partial charge in [-0.05, 0) is 54.4 Å². The third-order valence-electron chi connectivity index (χ3n) is 5.55. The van der Waals surface area contributed by atoms with E-state index in [1.165, 1.54) is 16.4 Å². The van der Waals surface area contributed by atoms with Crippen LogP contribution in [0.15, 0.2) is 34.5 Å². The Morgan fingerprint density at radius 3 is 2.97 bits per heavy atom. The van der Waals surface area contributed by atoms with E-state index in [9.17, 15) is 17.6 Å². The number of carbonyl (C=O) groups excluding carboxylic acids is 1. The molecule has 2 aliphatic rings. The summed E-state index contributed by atoms with van der Waals surface area (Å²) in [5.41, 5.74) is 1.24. The van der Waals surface area contributed by atoms with Crippen LogP contribution in [0.2, 0.25) is 0 Å². The standard InChI is InChI=1S/C20H24FN3O3S2/c21-17-6-3-4-14-13-24(10-7-16(14)17)29(26,27)18-8-11-28-19(18)20(25)23-12-15-5-1-2-9-22-15/h3-4,6,8,11,15,22H,1-2,5,7,9-10,12-13H2,(H,23,25)/t15-/m1/s1. The molecule has 9 heteroatoms. The first kappa shape index (κ1) is 20.5. The fourth-order valence-electron chi connectivity index (χ4n) is 3.94. The Morgan fingerprint density at radius 2 is 2.17 bits per heavy atom. The minimum absolute atomic E-state index is 0.0245. The highest BCUT2D eigenvalue weighted by atomic mass is 32.2. The maximum Gasteiger partial charge on any atom is 0.262 e. The Balaban J connectivity index is 1.50. The van der Waals surface area contributed by atoms with Crippen molar-refractivity contribution in [3.8, 4) is 0 Å². The zero-order valence-electron chi connectivity index (χ0n) is 16.0. The van der Waals surface area contributed by atoms with Crippen LogP contribution >= 0.6 is 11.3 Å². The van der Waals surface area contributed by atoms with E-state index in [2.05, 4.69) is 10.6 Å². The molecule has 6 nitrogen and oxygen atoms in total. The highest BCUT2D eigenvalue weighted by Crippen LogP contribution is 2.30. The van der Waals surface area contributed by atoms with Gasteiger partial charge in [-0.1, -0.05) is 18.6 Å². The van der Waals surface area contributed by atoms with Gasteiger partial charge in [0.25, 0.3) is 5.91 Å². The van der Waals surface area contributed by atoms with Gasteiger partial charge in [0.05, 0.1) is 0 Å². The fourth-order valence-corrected chi connectivity index (χ4v) is 6.68. The number of halogens is 1. The van der Waals surface area contributed by atoms with Gasteiger partial charge in [-0.3, -0.25) is 4.79 Å². The van der Waals surface area contributed by atoms with Crippen LogP contribution in [0.1, 0.15) is 40.1 Å². The van der Waals surface area contributed by atoms with Gasteiger partial charge < -0.3 is 10.6 Å². The average Bonchev–Trinajstić information content (AvgIpc) is 3.24. The predicted molar refractivity (Wildman–Crippen MR) is 110 cm³/mol. The fraction of sp³-hybridized carbons (Fsp3) is 0.450. The van der Waals surface area contributed by atoms with Crippen LogP contribution in [0, 0.1) is 5.82 Å². The number of hydrogen-bond donors (Lipinski definition) is 2. The lowest BCUT2D eigenvalue weighted by atomic mass is 10.0. The van der Waals surface area contributed by atoms with Crippen molar-refractivity contribution in [1.29, 1.82) is 0 Å². The quantitative estimate of drug-likeness (QED) is 0.754. The number of nitrogens with zero attached hydrogens (tertiary/aromatic N) is 1. The van der Waals surface area contributed by atoms with Gasteiger partial charge in [0, 0.05) is 25.7 Å². The van der Waals surface area contributed by atoms with Crippen LogP contribution < -0.4 is 10.6 Å². The lowest BCUT2D eigenvalue weighted by Gasteiger charge is -2.28. The minimum atomic E-state index is -3.85. The van der Waals surface area contributed by atoms with E-state index in [0.29, 0.717) is 24.1 Å². The van der Waals surface area contributed by atoms with Crippen molar-refractivity contribution in [2.75, 3.05) is 19.6 Å². The molecule has 0 radical (unpaired) electrons. The van der Waals surface area contributed by atoms with Gasteiger partial charge in [0.1, 0.15) is 15.6 Å². The normalized spacial score (nSPS) is 20.2. The molecule has 0 saturated carbocycles. The topological polar surface area (TPSA) is 78.5 Å². The van der Waals surface area contributed by atoms with Crippen LogP contribution in [0.5, 0.6) is 0 Å². The number of benzene rings is 1. The molecule has 1 amide bonds. The molecule has 1 aromatic heterocycles. The highest BCUT2D eigenvalue weighted by molar-refractivity contribution is 7.89. The van der Waals surface area contributed by atoms with E-state index >= 15 is 0 Å². The monoisotopic (exact) mass is 437 g/mol. The summed E-state index contributed by atoms with van der Waals surface area (Å²) in [4.78, 5) is 12.9. The molecule has 156 valence electrons. The number of nitrogens with one attached hydrogen (secondary N) is 2. The first-order chi connectivity index (χ1) is 14.0. The predicted octanol–water partition coefficient (Wildman–Crippen LogP) is 2.51. The van der Waals surface area contributed by atoms with Crippen LogP contribution in [0.3, 0.4) is 0 Å². The van der Waals surface area contributed by atoms with Crippen LogP contribution in [-0.2, 0) is 23.0 Å². The molecule has 2 aliphatic heterocycles. The summed E-state index contributed by atoms with van der Waals surface area (Å²) in [7, 11) is -3.85. The largest absolute Gasteiger partial charge is 0.350 e. The molecule has 4 rings (SSSR count). The maximum atomic E-state index is 14.0. The number of thiophene rings is 1. The molecular formula is C20H24FN3O3S2. The van der Waals surface area contributed by atoms with Crippen LogP contribution in [0.4, 0.5) is 4.39 Å². The number of rotatable bonds is 5. The summed E-state index contributed by atoms with van der Waals surface area (Å²) >= 11 is 1.12. The number of sulfonamides is 1. The molecule has 1 fully saturated rings. The van der Waals surface area contributed by atoms with Gasteiger partial charge >= 0.3 is 0 Å². The van der Waals surface area contributed by atoms with Crippen molar-refractivity contribution in [2.45, 2.75) is 43.2 Å². The van der Waals surface area contributed by atoms with Crippen molar-refractivity contribution in [3.05, 3.63) is 51.5 Å². The molecule has 3 heterocycles. The van der Waals surface area contributed by atoms with Crippen molar-refractivity contribution >= 4 is 27.3 Å². The summed E-state index contributed by atoms with van der Waals surface area (Å²) in [6.07, 6.45) is 3.59. The maximum absolute atomic E-state index is 14.0. The Morgan fingerprint density at radius 1 is 1.31 bits per heavy atom. The van der Waals surface area contributed by atoms with Crippen molar-refractivity contribution in [1.82, 2.24) is 14.9 Å². The number of amides is 1. The molecule has 2 N–H and O–H groups in total. The Hall–Kier alpha value is -1.81. The molecule has 2 aromatic rings. The molecule has 1 aromatic carbocycles. The highest BCUT2D eigenvalue weighted by Gasteiger charge is 2.33. The third-order valence-corrected chi connectivity index (χ3v) is 8.48. The lowest BCUT2D eigenvalue weighted by Crippen LogP contribution is -2.43. The molecule has 0 bridgehead atoms. The van der Waals surface area contributed by atoms with Gasteiger partial charge in [0.2, 0.25) is 10.0 Å². The van der Waals surface area contributed by atoms with Gasteiger partial charge in [-0.25, -0.2) is 12.8 Å². The van der Waals surface area contributed by atoms with Gasteiger partial charge in [-0.2, -0.15) is 4.31 Å². The molecule has 1 atom stereocenters. The minimum Gasteiger partial charge on any atom is -0.350 e. The Labute approximate surface area is 174 Å². The lowest BCUT2D eigenvalue weighted by molar-refractivity contribution is 0.0948. The number of carbonyl (C=O) groups is 1. The average molecular weight is 438 g/mol. The number of hydrogen-bond acceptors (Lipinski definition) is 5. The smallest absolute Gasteiger partial charge is 0.262 e. The van der Waals surface area contributed by atoms with E-state index in [0.717, 1.165) is 37.1 Å². The zero-order valence-corrected chi connectivity index (χ0v) is 17.6. The second kappa shape index (κ2) is 8.51. The van der Waals surface area contributed by atoms with E-state index < -0.39 is 10.0 Å². The first-order valence-electron chi connectivity index (χ1n) is 9.82. The van der Waals surface area contributed by atoms with E-state index in [1.54, 1.807) is 17.5 Å². The molecular weight excluding hydrogens is 413 g/mol. The molecule has 29 heavy (non-hydrogen) atoms. The second-order valence-electron chi connectivity index (χ2n) is 7.44. The third kappa shape index (κ3) is 4.23. The molecule has 0 unspecified atom stereocenters. The number of fused-ring (bicyclic) bond motifs is 1. The second-order valence-corrected chi connectivity index (χ2v) is 10.3. The van der Waals surface area contributed by atoms with Crippen LogP contribution in [-0.4, -0.2) is 44.3 Å². The van der Waals surface area contributed by atoms with Crippen molar-refractivity contribution in [3.63, 3.8) is 0 Å². The Kier molecular flexibility index (Phi) is 6.00. The van der Waals surface area contributed by atoms with Crippen molar-refractivity contribution in [2.24, 2.45) is 0 Å². The van der Waals surface area contributed by atoms with Crippen molar-refractivity contribution < 1.29 is 17.6 Å². The van der Waals surface area contributed by atoms with E-state index in [-0.39, 0.29) is 40.6 Å². The summed E-state index contributed by atoms with van der Waals surface area (Å²) in [5, 5.41) is 7.85. The first-order valence-corrected chi connectivity index (χ1v) is 12.1. The summed E-state index contributed by atoms with van der Waals surface area (Å²) in [5.74, 6) is -0.666. The van der Waals surface area contributed by atoms with E-state index in [4.69, 9.17) is 0 Å². The van der Waals surface area contributed by atoms with E-state index in [1.807, 2.05) is 0 Å². The summed E-state index contributed by atoms with van der Waals surface area (Å²) < 4.78 is 41.7. The Bertz CT molecular complexity index is 1000. The van der Waals surface area contributed by atoms with Crippen LogP contribution in [0.25, 0.3) is 0 Å². The molecule has 0 aliphatic carbocycles. The molecule has 0 spiro atoms. The number of piperidine rings is 1. The SMILES string of the molecule is O=C(NC[C@H]1CCCCN1)c1sccc1S(=O)(=O)N1CCc2c(F)cccc2C1. The molecule has 1 saturated heterocycles.